The first-order valence-electron chi connectivity index (χ1n) is 11.6. The molecule has 2 aromatic carbocycles. The summed E-state index contributed by atoms with van der Waals surface area (Å²) in [6, 6.07) is 10.9. The van der Waals surface area contributed by atoms with Gasteiger partial charge in [0, 0.05) is 25.0 Å². The number of aromatic hydroxyl groups is 1. The summed E-state index contributed by atoms with van der Waals surface area (Å²) in [7, 11) is 0. The molecule has 180 valence electrons. The third-order valence-corrected chi connectivity index (χ3v) is 6.42. The van der Waals surface area contributed by atoms with E-state index in [0.29, 0.717) is 16.6 Å². The summed E-state index contributed by atoms with van der Waals surface area (Å²) in [6.45, 7) is 3.51. The number of benzene rings is 2. The zero-order chi connectivity index (χ0) is 24.5. The van der Waals surface area contributed by atoms with Crippen molar-refractivity contribution in [2.45, 2.75) is 32.1 Å². The maximum Gasteiger partial charge on any atom is 0.229 e. The van der Waals surface area contributed by atoms with Crippen molar-refractivity contribution in [1.82, 2.24) is 19.9 Å². The Morgan fingerprint density at radius 2 is 1.74 bits per heavy atom. The number of amides is 1. The predicted octanol–water partition coefficient (Wildman–Crippen LogP) is 5.47. The minimum atomic E-state index is -0.785. The Bertz CT molecular complexity index is 1360. The smallest absolute Gasteiger partial charge is 0.229 e. The Hall–Kier alpha value is -4.01. The van der Waals surface area contributed by atoms with Gasteiger partial charge in [0.25, 0.3) is 0 Å². The van der Waals surface area contributed by atoms with Crippen LogP contribution < -0.4 is 5.32 Å². The monoisotopic (exact) mass is 477 g/mol. The summed E-state index contributed by atoms with van der Waals surface area (Å²) in [4.78, 5) is 26.0. The summed E-state index contributed by atoms with van der Waals surface area (Å²) < 4.78 is 28.8. The number of aromatic nitrogens is 3. The van der Waals surface area contributed by atoms with Crippen LogP contribution in [-0.2, 0) is 4.79 Å². The van der Waals surface area contributed by atoms with Gasteiger partial charge in [-0.25, -0.2) is 18.7 Å². The van der Waals surface area contributed by atoms with Crippen LogP contribution >= 0.6 is 0 Å². The number of nitrogens with one attached hydrogen (secondary N) is 2. The minimum Gasteiger partial charge on any atom is -0.494 e. The molecule has 3 heterocycles. The van der Waals surface area contributed by atoms with Gasteiger partial charge in [-0.2, -0.15) is 0 Å². The van der Waals surface area contributed by atoms with Gasteiger partial charge >= 0.3 is 0 Å². The SMILES string of the molecule is CC(C(=O)N1CCCCC1)c1ccc(Nc2nc(-c3c(F)cccc3F)nc3c[nH]c(O)c23)cc1. The first kappa shape index (κ1) is 22.8. The van der Waals surface area contributed by atoms with Crippen LogP contribution in [0.3, 0.4) is 0 Å². The van der Waals surface area contributed by atoms with E-state index in [-0.39, 0.29) is 34.9 Å². The number of aromatic amines is 1. The fourth-order valence-electron chi connectivity index (χ4n) is 4.46. The van der Waals surface area contributed by atoms with Crippen molar-refractivity contribution in [2.24, 2.45) is 0 Å². The Kier molecular flexibility index (Phi) is 6.07. The second kappa shape index (κ2) is 9.32. The van der Waals surface area contributed by atoms with Crippen LogP contribution in [0, 0.1) is 11.6 Å². The van der Waals surface area contributed by atoms with Crippen molar-refractivity contribution in [3.63, 3.8) is 0 Å². The van der Waals surface area contributed by atoms with Crippen LogP contribution in [0.1, 0.15) is 37.7 Å². The van der Waals surface area contributed by atoms with Crippen molar-refractivity contribution >= 4 is 28.3 Å². The molecule has 1 fully saturated rings. The summed E-state index contributed by atoms with van der Waals surface area (Å²) >= 11 is 0. The molecule has 1 unspecified atom stereocenters. The molecule has 1 saturated heterocycles. The lowest BCUT2D eigenvalue weighted by molar-refractivity contribution is -0.133. The Morgan fingerprint density at radius 3 is 2.43 bits per heavy atom. The summed E-state index contributed by atoms with van der Waals surface area (Å²) in [6.07, 6.45) is 4.69. The molecule has 4 aromatic rings. The fraction of sp³-hybridized carbons (Fsp3) is 0.269. The molecule has 5 rings (SSSR count). The molecule has 2 aromatic heterocycles. The zero-order valence-electron chi connectivity index (χ0n) is 19.2. The van der Waals surface area contributed by atoms with Gasteiger partial charge in [0.1, 0.15) is 22.8 Å². The number of rotatable bonds is 5. The Labute approximate surface area is 200 Å². The molecule has 3 N–H and O–H groups in total. The molecule has 1 aliphatic heterocycles. The molecule has 9 heteroatoms. The number of carbonyl (C=O) groups excluding carboxylic acids is 1. The molecule has 0 aliphatic carbocycles. The second-order valence-corrected chi connectivity index (χ2v) is 8.74. The first-order chi connectivity index (χ1) is 16.9. The van der Waals surface area contributed by atoms with Crippen molar-refractivity contribution in [2.75, 3.05) is 18.4 Å². The van der Waals surface area contributed by atoms with Gasteiger partial charge in [0.2, 0.25) is 11.8 Å². The molecule has 7 nitrogen and oxygen atoms in total. The van der Waals surface area contributed by atoms with Gasteiger partial charge in [-0.1, -0.05) is 18.2 Å². The number of hydrogen-bond acceptors (Lipinski definition) is 5. The number of likely N-dealkylation sites (tertiary alicyclic amines) is 1. The average Bonchev–Trinajstić information content (AvgIpc) is 3.25. The van der Waals surface area contributed by atoms with E-state index in [2.05, 4.69) is 20.3 Å². The number of halogens is 2. The Balaban J connectivity index is 1.44. The van der Waals surface area contributed by atoms with E-state index >= 15 is 0 Å². The maximum absolute atomic E-state index is 14.4. The Morgan fingerprint density at radius 1 is 1.06 bits per heavy atom. The van der Waals surface area contributed by atoms with E-state index in [0.717, 1.165) is 50.0 Å². The molecule has 35 heavy (non-hydrogen) atoms. The van der Waals surface area contributed by atoms with Crippen LogP contribution in [0.15, 0.2) is 48.7 Å². The quantitative estimate of drug-likeness (QED) is 0.354. The standard InChI is InChI=1S/C26H25F2N5O2/c1-15(26(35)33-12-3-2-4-13-33)16-8-10-17(11-9-16)30-24-22-20(14-29-25(22)34)31-23(32-24)21-18(27)6-5-7-19(21)28/h5-11,14-15,29,34H,2-4,12-13H2,1H3,(H,30,31,32). The number of H-pyrrole nitrogens is 1. The normalized spacial score (nSPS) is 14.8. The molecular formula is C26H25F2N5O2. The van der Waals surface area contributed by atoms with Crippen molar-refractivity contribution < 1.29 is 18.7 Å². The lowest BCUT2D eigenvalue weighted by Gasteiger charge is -2.29. The molecule has 1 atom stereocenters. The van der Waals surface area contributed by atoms with Gasteiger partial charge in [0.05, 0.1) is 17.0 Å². The van der Waals surface area contributed by atoms with Gasteiger partial charge in [-0.05, 0) is 56.0 Å². The highest BCUT2D eigenvalue weighted by atomic mass is 19.1. The molecule has 0 bridgehead atoms. The van der Waals surface area contributed by atoms with Crippen LogP contribution in [0.25, 0.3) is 22.3 Å². The highest BCUT2D eigenvalue weighted by molar-refractivity contribution is 5.96. The van der Waals surface area contributed by atoms with Gasteiger partial charge in [-0.15, -0.1) is 0 Å². The lowest BCUT2D eigenvalue weighted by atomic mass is 9.98. The molecule has 0 radical (unpaired) electrons. The second-order valence-electron chi connectivity index (χ2n) is 8.74. The van der Waals surface area contributed by atoms with E-state index in [9.17, 15) is 18.7 Å². The van der Waals surface area contributed by atoms with Gasteiger partial charge in [0.15, 0.2) is 5.82 Å². The molecule has 1 aliphatic rings. The number of nitrogens with zero attached hydrogens (tertiary/aromatic N) is 3. The summed E-state index contributed by atoms with van der Waals surface area (Å²) in [5.41, 5.74) is 1.47. The summed E-state index contributed by atoms with van der Waals surface area (Å²) in [5.74, 6) is -1.84. The maximum atomic E-state index is 14.4. The number of fused-ring (bicyclic) bond motifs is 1. The number of hydrogen-bond donors (Lipinski definition) is 3. The average molecular weight is 478 g/mol. The van der Waals surface area contributed by atoms with Crippen LogP contribution in [0.5, 0.6) is 5.88 Å². The fourth-order valence-corrected chi connectivity index (χ4v) is 4.46. The van der Waals surface area contributed by atoms with Crippen LogP contribution in [-0.4, -0.2) is 44.0 Å². The third-order valence-electron chi connectivity index (χ3n) is 6.42. The van der Waals surface area contributed by atoms with Crippen molar-refractivity contribution in [3.05, 3.63) is 65.9 Å². The lowest BCUT2D eigenvalue weighted by Crippen LogP contribution is -2.38. The van der Waals surface area contributed by atoms with E-state index in [1.54, 1.807) is 12.1 Å². The third kappa shape index (κ3) is 4.41. The first-order valence-corrected chi connectivity index (χ1v) is 11.6. The molecule has 1 amide bonds. The number of carbonyl (C=O) groups is 1. The van der Waals surface area contributed by atoms with Gasteiger partial charge < -0.3 is 20.3 Å². The predicted molar refractivity (Wildman–Crippen MR) is 129 cm³/mol. The van der Waals surface area contributed by atoms with Gasteiger partial charge in [-0.3, -0.25) is 4.79 Å². The van der Waals surface area contributed by atoms with Crippen molar-refractivity contribution in [3.8, 4) is 17.3 Å². The minimum absolute atomic E-state index is 0.122. The van der Waals surface area contributed by atoms with E-state index in [4.69, 9.17) is 0 Å². The number of anilines is 2. The van der Waals surface area contributed by atoms with Crippen molar-refractivity contribution in [1.29, 1.82) is 0 Å². The highest BCUT2D eigenvalue weighted by Crippen LogP contribution is 2.34. The van der Waals surface area contributed by atoms with Crippen LogP contribution in [0.4, 0.5) is 20.3 Å². The van der Waals surface area contributed by atoms with E-state index in [1.807, 2.05) is 24.0 Å². The highest BCUT2D eigenvalue weighted by Gasteiger charge is 2.24. The topological polar surface area (TPSA) is 94.1 Å². The number of piperidine rings is 1. The van der Waals surface area contributed by atoms with E-state index < -0.39 is 11.6 Å². The van der Waals surface area contributed by atoms with Crippen LogP contribution in [0.2, 0.25) is 0 Å². The summed E-state index contributed by atoms with van der Waals surface area (Å²) in [5, 5.41) is 13.7. The molecular weight excluding hydrogens is 452 g/mol. The largest absolute Gasteiger partial charge is 0.494 e. The zero-order valence-corrected chi connectivity index (χ0v) is 19.2. The molecule has 0 saturated carbocycles. The molecule has 0 spiro atoms. The van der Waals surface area contributed by atoms with E-state index in [1.165, 1.54) is 12.3 Å².